The molecule has 2 aromatic carbocycles. The van der Waals surface area contributed by atoms with Crippen molar-refractivity contribution in [2.24, 2.45) is 0 Å². The van der Waals surface area contributed by atoms with Crippen LogP contribution in [-0.4, -0.2) is 45.1 Å². The summed E-state index contributed by atoms with van der Waals surface area (Å²) in [5.74, 6) is -0.450. The zero-order chi connectivity index (χ0) is 28.2. The second-order valence-corrected chi connectivity index (χ2v) is 10.1. The first kappa shape index (κ1) is 27.1. The Morgan fingerprint density at radius 2 is 1.75 bits per heavy atom. The molecule has 0 radical (unpaired) electrons. The van der Waals surface area contributed by atoms with Crippen LogP contribution < -0.4 is 10.6 Å². The fraction of sp³-hybridized carbons (Fsp3) is 0.226. The molecule has 4 aromatic rings. The molecular formula is C31H31N5O3S. The van der Waals surface area contributed by atoms with Gasteiger partial charge in [0.25, 0.3) is 0 Å². The molecule has 0 unspecified atom stereocenters. The van der Waals surface area contributed by atoms with Crippen molar-refractivity contribution in [3.63, 3.8) is 0 Å². The molecule has 1 amide bonds. The summed E-state index contributed by atoms with van der Waals surface area (Å²) >= 11 is 5.81. The van der Waals surface area contributed by atoms with Crippen LogP contribution >= 0.6 is 12.2 Å². The van der Waals surface area contributed by atoms with Crippen molar-refractivity contribution in [2.75, 3.05) is 19.0 Å². The number of nitrogens with zero attached hydrogens (tertiary/aromatic N) is 3. The lowest BCUT2D eigenvalue weighted by Gasteiger charge is -2.28. The van der Waals surface area contributed by atoms with Crippen LogP contribution in [0.2, 0.25) is 0 Å². The molecule has 0 spiro atoms. The number of pyridine rings is 1. The van der Waals surface area contributed by atoms with E-state index in [9.17, 15) is 9.59 Å². The third-order valence-electron chi connectivity index (χ3n) is 7.17. The number of ether oxygens (including phenoxy) is 1. The number of hydrogen-bond acceptors (Lipinski definition) is 5. The minimum Gasteiger partial charge on any atom is -0.465 e. The summed E-state index contributed by atoms with van der Waals surface area (Å²) in [5, 5.41) is 7.01. The van der Waals surface area contributed by atoms with Gasteiger partial charge in [-0.1, -0.05) is 24.3 Å². The fourth-order valence-corrected chi connectivity index (χ4v) is 5.63. The van der Waals surface area contributed by atoms with E-state index in [0.29, 0.717) is 17.2 Å². The second-order valence-electron chi connectivity index (χ2n) is 9.68. The third-order valence-corrected chi connectivity index (χ3v) is 7.52. The molecule has 204 valence electrons. The number of anilines is 1. The lowest BCUT2D eigenvalue weighted by Crippen LogP contribution is -2.32. The number of nitrogens with one attached hydrogen (secondary N) is 2. The van der Waals surface area contributed by atoms with Crippen LogP contribution in [0, 0.1) is 13.8 Å². The molecule has 1 fully saturated rings. The Balaban J connectivity index is 1.47. The van der Waals surface area contributed by atoms with E-state index in [1.165, 1.54) is 7.11 Å². The maximum atomic E-state index is 12.8. The summed E-state index contributed by atoms with van der Waals surface area (Å²) < 4.78 is 7.01. The van der Waals surface area contributed by atoms with Crippen molar-refractivity contribution < 1.29 is 14.3 Å². The standard InChI is InChI=1S/C31H31N5O3S/c1-20-19-25(21(2)36(20)24-14-12-22(13-15-24)30(38)39-3)29-28(26-11-7-8-17-32-26)34-31(40)35(29)18-16-27(37)33-23-9-5-4-6-10-23/h4-15,17,19,28-29H,16,18H2,1-3H3,(H,33,37)(H,34,40)/t28-,29+/m1/s1. The van der Waals surface area contributed by atoms with Gasteiger partial charge in [-0.15, -0.1) is 0 Å². The average molecular weight is 554 g/mol. The van der Waals surface area contributed by atoms with Crippen molar-refractivity contribution >= 4 is 34.9 Å². The first-order valence-corrected chi connectivity index (χ1v) is 13.5. The van der Waals surface area contributed by atoms with E-state index in [2.05, 4.69) is 45.0 Å². The second kappa shape index (κ2) is 11.7. The molecule has 2 N–H and O–H groups in total. The molecule has 0 saturated carbocycles. The van der Waals surface area contributed by atoms with E-state index in [4.69, 9.17) is 17.0 Å². The summed E-state index contributed by atoms with van der Waals surface area (Å²) in [6, 6.07) is 24.4. The first-order valence-electron chi connectivity index (χ1n) is 13.1. The lowest BCUT2D eigenvalue weighted by atomic mass is 9.96. The molecule has 2 aromatic heterocycles. The third kappa shape index (κ3) is 5.46. The molecule has 1 saturated heterocycles. The van der Waals surface area contributed by atoms with Gasteiger partial charge in [0, 0.05) is 41.9 Å². The largest absolute Gasteiger partial charge is 0.465 e. The fourth-order valence-electron chi connectivity index (χ4n) is 5.30. The Morgan fingerprint density at radius 1 is 1.02 bits per heavy atom. The van der Waals surface area contributed by atoms with Gasteiger partial charge in [0.15, 0.2) is 5.11 Å². The number of aromatic nitrogens is 2. The topological polar surface area (TPSA) is 88.5 Å². The van der Waals surface area contributed by atoms with E-state index in [0.717, 1.165) is 34.0 Å². The Labute approximate surface area is 239 Å². The Kier molecular flexibility index (Phi) is 7.93. The lowest BCUT2D eigenvalue weighted by molar-refractivity contribution is -0.116. The van der Waals surface area contributed by atoms with Gasteiger partial charge in [0.2, 0.25) is 5.91 Å². The van der Waals surface area contributed by atoms with Crippen LogP contribution in [0.25, 0.3) is 5.69 Å². The maximum absolute atomic E-state index is 12.8. The first-order chi connectivity index (χ1) is 19.4. The smallest absolute Gasteiger partial charge is 0.337 e. The number of rotatable bonds is 8. The van der Waals surface area contributed by atoms with Crippen LogP contribution in [0.5, 0.6) is 0 Å². The minimum atomic E-state index is -0.371. The number of carbonyl (C=O) groups excluding carboxylic acids is 2. The van der Waals surface area contributed by atoms with Crippen LogP contribution in [0.3, 0.4) is 0 Å². The summed E-state index contributed by atoms with van der Waals surface area (Å²) in [7, 11) is 1.37. The van der Waals surface area contributed by atoms with Gasteiger partial charge in [-0.05, 0) is 86.2 Å². The highest BCUT2D eigenvalue weighted by Crippen LogP contribution is 2.41. The molecule has 40 heavy (non-hydrogen) atoms. The van der Waals surface area contributed by atoms with Gasteiger partial charge in [0.05, 0.1) is 30.5 Å². The monoisotopic (exact) mass is 553 g/mol. The van der Waals surface area contributed by atoms with Crippen LogP contribution in [0.1, 0.15) is 51.5 Å². The average Bonchev–Trinajstić information content (AvgIpc) is 3.46. The van der Waals surface area contributed by atoms with Crippen LogP contribution in [0.4, 0.5) is 5.69 Å². The van der Waals surface area contributed by atoms with Crippen LogP contribution in [-0.2, 0) is 9.53 Å². The van der Waals surface area contributed by atoms with E-state index in [1.807, 2.05) is 60.7 Å². The summed E-state index contributed by atoms with van der Waals surface area (Å²) in [6.07, 6.45) is 2.05. The normalized spacial score (nSPS) is 16.5. The minimum absolute atomic E-state index is 0.0785. The molecule has 1 aliphatic heterocycles. The zero-order valence-electron chi connectivity index (χ0n) is 22.6. The number of para-hydroxylation sites is 1. The molecule has 0 aliphatic carbocycles. The molecule has 2 atom stereocenters. The van der Waals surface area contributed by atoms with E-state index in [1.54, 1.807) is 18.3 Å². The molecule has 0 bridgehead atoms. The number of aryl methyl sites for hydroxylation is 1. The molecular weight excluding hydrogens is 522 g/mol. The summed E-state index contributed by atoms with van der Waals surface area (Å²) in [4.78, 5) is 31.5. The van der Waals surface area contributed by atoms with E-state index >= 15 is 0 Å². The van der Waals surface area contributed by atoms with Gasteiger partial charge in [-0.2, -0.15) is 0 Å². The highest BCUT2D eigenvalue weighted by molar-refractivity contribution is 7.80. The molecule has 5 rings (SSSR count). The number of hydrogen-bond donors (Lipinski definition) is 2. The molecule has 8 nitrogen and oxygen atoms in total. The number of benzene rings is 2. The summed E-state index contributed by atoms with van der Waals surface area (Å²) in [5.41, 5.74) is 6.23. The number of thiocarbonyl (C=S) groups is 1. The molecule has 1 aliphatic rings. The predicted octanol–water partition coefficient (Wildman–Crippen LogP) is 5.28. The van der Waals surface area contributed by atoms with Gasteiger partial charge in [0.1, 0.15) is 0 Å². The number of methoxy groups -OCH3 is 1. The zero-order valence-corrected chi connectivity index (χ0v) is 23.4. The van der Waals surface area contributed by atoms with Crippen molar-refractivity contribution in [1.82, 2.24) is 19.8 Å². The number of carbonyl (C=O) groups is 2. The van der Waals surface area contributed by atoms with Crippen LogP contribution in [0.15, 0.2) is 85.1 Å². The van der Waals surface area contributed by atoms with Crippen molar-refractivity contribution in [3.8, 4) is 5.69 Å². The van der Waals surface area contributed by atoms with Crippen molar-refractivity contribution in [2.45, 2.75) is 32.4 Å². The Bertz CT molecular complexity index is 1520. The highest BCUT2D eigenvalue weighted by atomic mass is 32.1. The van der Waals surface area contributed by atoms with Crippen molar-refractivity contribution in [1.29, 1.82) is 0 Å². The van der Waals surface area contributed by atoms with Gasteiger partial charge >= 0.3 is 5.97 Å². The van der Waals surface area contributed by atoms with E-state index < -0.39 is 0 Å². The number of esters is 1. The van der Waals surface area contributed by atoms with Gasteiger partial charge in [-0.3, -0.25) is 9.78 Å². The summed E-state index contributed by atoms with van der Waals surface area (Å²) in [6.45, 7) is 4.57. The Hall–Kier alpha value is -4.50. The molecule has 3 heterocycles. The van der Waals surface area contributed by atoms with Crippen molar-refractivity contribution in [3.05, 3.63) is 113 Å². The molecule has 9 heteroatoms. The predicted molar refractivity (Wildman–Crippen MR) is 158 cm³/mol. The quantitative estimate of drug-likeness (QED) is 0.227. The van der Waals surface area contributed by atoms with E-state index in [-0.39, 0.29) is 30.4 Å². The highest BCUT2D eigenvalue weighted by Gasteiger charge is 2.41. The van der Waals surface area contributed by atoms with Gasteiger partial charge < -0.3 is 24.8 Å². The maximum Gasteiger partial charge on any atom is 0.337 e. The number of amides is 1. The Morgan fingerprint density at radius 3 is 2.42 bits per heavy atom. The van der Waals surface area contributed by atoms with Gasteiger partial charge in [-0.25, -0.2) is 4.79 Å². The SMILES string of the molecule is COC(=O)c1ccc(-n2c(C)cc([C@H]3[C@@H](c4ccccn4)NC(=S)N3CCC(=O)Nc3ccccc3)c2C)cc1.